The van der Waals surface area contributed by atoms with Crippen molar-refractivity contribution in [2.75, 3.05) is 0 Å². The Balaban J connectivity index is 2.35. The van der Waals surface area contributed by atoms with E-state index in [0.29, 0.717) is 11.4 Å². The fourth-order valence-electron chi connectivity index (χ4n) is 1.60. The molecule has 2 aromatic rings. The molecule has 0 fully saturated rings. The van der Waals surface area contributed by atoms with Gasteiger partial charge >= 0.3 is 6.09 Å². The first-order valence-electron chi connectivity index (χ1n) is 5.89. The molecule has 0 spiro atoms. The van der Waals surface area contributed by atoms with Gasteiger partial charge in [0.1, 0.15) is 5.60 Å². The van der Waals surface area contributed by atoms with Crippen molar-refractivity contribution in [1.82, 2.24) is 9.55 Å². The fraction of sp³-hybridized carbons (Fsp3) is 0.286. The van der Waals surface area contributed by atoms with Crippen LogP contribution in [0.25, 0.3) is 11.4 Å². The molecule has 4 nitrogen and oxygen atoms in total. The lowest BCUT2D eigenvalue weighted by Crippen LogP contribution is -2.27. The molecular formula is C14H15BrN2O2. The summed E-state index contributed by atoms with van der Waals surface area (Å²) in [7, 11) is 0. The highest BCUT2D eigenvalue weighted by Gasteiger charge is 2.20. The molecule has 0 aliphatic rings. The van der Waals surface area contributed by atoms with Crippen LogP contribution in [0.1, 0.15) is 20.8 Å². The minimum atomic E-state index is -0.524. The van der Waals surface area contributed by atoms with Gasteiger partial charge in [-0.2, -0.15) is 0 Å². The van der Waals surface area contributed by atoms with Crippen LogP contribution in [0.3, 0.4) is 0 Å². The molecule has 0 radical (unpaired) electrons. The number of aromatic nitrogens is 2. The molecule has 100 valence electrons. The largest absolute Gasteiger partial charge is 0.443 e. The van der Waals surface area contributed by atoms with Crippen molar-refractivity contribution in [3.05, 3.63) is 41.1 Å². The third-order valence-corrected chi connectivity index (χ3v) is 2.82. The van der Waals surface area contributed by atoms with E-state index in [9.17, 15) is 4.79 Å². The van der Waals surface area contributed by atoms with E-state index in [0.717, 1.165) is 4.47 Å². The summed E-state index contributed by atoms with van der Waals surface area (Å²) < 4.78 is 7.73. The Morgan fingerprint density at radius 2 is 2.11 bits per heavy atom. The molecule has 0 unspecified atom stereocenters. The van der Waals surface area contributed by atoms with Gasteiger partial charge in [-0.25, -0.2) is 4.79 Å². The maximum absolute atomic E-state index is 12.1. The molecule has 5 heteroatoms. The van der Waals surface area contributed by atoms with Gasteiger partial charge < -0.3 is 4.74 Å². The molecule has 0 bridgehead atoms. The maximum Gasteiger partial charge on any atom is 0.419 e. The molecule has 0 saturated carbocycles. The van der Waals surface area contributed by atoms with Crippen LogP contribution < -0.4 is 0 Å². The number of halogens is 1. The molecule has 0 saturated heterocycles. The topological polar surface area (TPSA) is 44.1 Å². The monoisotopic (exact) mass is 322 g/mol. The zero-order valence-corrected chi connectivity index (χ0v) is 12.6. The van der Waals surface area contributed by atoms with Gasteiger partial charge in [-0.1, -0.05) is 15.9 Å². The molecule has 19 heavy (non-hydrogen) atoms. The van der Waals surface area contributed by atoms with Crippen LogP contribution in [0.15, 0.2) is 41.1 Å². The standard InChI is InChI=1S/C14H15BrN2O2/c1-14(2,3)19-13(18)17-8-4-5-12(17)11-9-10(15)6-7-16-11/h4-9H,1-3H3. The fourth-order valence-corrected chi connectivity index (χ4v) is 1.94. The highest BCUT2D eigenvalue weighted by molar-refractivity contribution is 9.10. The smallest absolute Gasteiger partial charge is 0.419 e. The molecule has 0 aromatic carbocycles. The average molecular weight is 323 g/mol. The van der Waals surface area contributed by atoms with E-state index in [4.69, 9.17) is 4.74 Å². The predicted molar refractivity (Wildman–Crippen MR) is 77.0 cm³/mol. The number of hydrogen-bond donors (Lipinski definition) is 0. The summed E-state index contributed by atoms with van der Waals surface area (Å²) >= 11 is 3.39. The zero-order chi connectivity index (χ0) is 14.0. The second kappa shape index (κ2) is 5.17. The Morgan fingerprint density at radius 3 is 2.74 bits per heavy atom. The third-order valence-electron chi connectivity index (χ3n) is 2.32. The van der Waals surface area contributed by atoms with Crippen LogP contribution in [-0.4, -0.2) is 21.2 Å². The summed E-state index contributed by atoms with van der Waals surface area (Å²) in [6.45, 7) is 5.52. The van der Waals surface area contributed by atoms with Crippen molar-refractivity contribution in [2.45, 2.75) is 26.4 Å². The van der Waals surface area contributed by atoms with E-state index in [1.165, 1.54) is 4.57 Å². The highest BCUT2D eigenvalue weighted by atomic mass is 79.9. The second-order valence-electron chi connectivity index (χ2n) is 5.10. The zero-order valence-electron chi connectivity index (χ0n) is 11.1. The highest BCUT2D eigenvalue weighted by Crippen LogP contribution is 2.22. The number of carbonyl (C=O) groups is 1. The van der Waals surface area contributed by atoms with Crippen LogP contribution in [0, 0.1) is 0 Å². The Bertz CT molecular complexity index is 599. The van der Waals surface area contributed by atoms with Crippen LogP contribution in [0.4, 0.5) is 4.79 Å². The molecule has 2 rings (SSSR count). The van der Waals surface area contributed by atoms with Crippen molar-refractivity contribution in [3.63, 3.8) is 0 Å². The van der Waals surface area contributed by atoms with Gasteiger partial charge in [-0.05, 0) is 45.0 Å². The number of pyridine rings is 1. The minimum Gasteiger partial charge on any atom is -0.443 e. The molecule has 0 aliphatic carbocycles. The van der Waals surface area contributed by atoms with Gasteiger partial charge in [0, 0.05) is 16.9 Å². The van der Waals surface area contributed by atoms with Gasteiger partial charge in [0.15, 0.2) is 0 Å². The number of hydrogen-bond acceptors (Lipinski definition) is 3. The summed E-state index contributed by atoms with van der Waals surface area (Å²) in [5.74, 6) is 0. The molecule has 0 atom stereocenters. The van der Waals surface area contributed by atoms with E-state index in [-0.39, 0.29) is 0 Å². The summed E-state index contributed by atoms with van der Waals surface area (Å²) in [5, 5.41) is 0. The van der Waals surface area contributed by atoms with Crippen LogP contribution >= 0.6 is 15.9 Å². The van der Waals surface area contributed by atoms with Crippen molar-refractivity contribution < 1.29 is 9.53 Å². The molecule has 0 amide bonds. The Hall–Kier alpha value is -1.62. The van der Waals surface area contributed by atoms with E-state index in [1.54, 1.807) is 18.5 Å². The van der Waals surface area contributed by atoms with E-state index in [1.807, 2.05) is 39.0 Å². The van der Waals surface area contributed by atoms with Crippen molar-refractivity contribution >= 4 is 22.0 Å². The molecule has 0 aliphatic heterocycles. The molecular weight excluding hydrogens is 308 g/mol. The maximum atomic E-state index is 12.1. The Labute approximate surface area is 120 Å². The van der Waals surface area contributed by atoms with Gasteiger partial charge in [0.25, 0.3) is 0 Å². The summed E-state index contributed by atoms with van der Waals surface area (Å²) in [6.07, 6.45) is 2.95. The van der Waals surface area contributed by atoms with E-state index in [2.05, 4.69) is 20.9 Å². The number of carbonyl (C=O) groups excluding carboxylic acids is 1. The third kappa shape index (κ3) is 3.44. The second-order valence-corrected chi connectivity index (χ2v) is 6.02. The van der Waals surface area contributed by atoms with Gasteiger partial charge in [-0.15, -0.1) is 0 Å². The Morgan fingerprint density at radius 1 is 1.37 bits per heavy atom. The van der Waals surface area contributed by atoms with Crippen molar-refractivity contribution in [3.8, 4) is 11.4 Å². The van der Waals surface area contributed by atoms with Gasteiger partial charge in [0.05, 0.1) is 11.4 Å². The lowest BCUT2D eigenvalue weighted by molar-refractivity contribution is 0.0540. The normalized spacial score (nSPS) is 11.4. The van der Waals surface area contributed by atoms with E-state index < -0.39 is 11.7 Å². The van der Waals surface area contributed by atoms with Crippen molar-refractivity contribution in [2.24, 2.45) is 0 Å². The SMILES string of the molecule is CC(C)(C)OC(=O)n1cccc1-c1cc(Br)ccn1. The number of nitrogens with zero attached hydrogens (tertiary/aromatic N) is 2. The lowest BCUT2D eigenvalue weighted by Gasteiger charge is -2.20. The summed E-state index contributed by atoms with van der Waals surface area (Å²) in [4.78, 5) is 16.4. The first-order valence-corrected chi connectivity index (χ1v) is 6.69. The summed E-state index contributed by atoms with van der Waals surface area (Å²) in [6, 6.07) is 7.32. The average Bonchev–Trinajstić information content (AvgIpc) is 2.75. The first-order chi connectivity index (χ1) is 8.87. The Kier molecular flexibility index (Phi) is 3.75. The lowest BCUT2D eigenvalue weighted by atomic mass is 10.2. The molecule has 0 N–H and O–H groups in total. The summed E-state index contributed by atoms with van der Waals surface area (Å²) in [5.41, 5.74) is 0.893. The van der Waals surface area contributed by atoms with Crippen LogP contribution in [-0.2, 0) is 4.74 Å². The number of ether oxygens (including phenoxy) is 1. The van der Waals surface area contributed by atoms with E-state index >= 15 is 0 Å². The van der Waals surface area contributed by atoms with Crippen LogP contribution in [0.2, 0.25) is 0 Å². The number of rotatable bonds is 1. The molecule has 2 heterocycles. The predicted octanol–water partition coefficient (Wildman–Crippen LogP) is 4.10. The van der Waals surface area contributed by atoms with Crippen molar-refractivity contribution in [1.29, 1.82) is 0 Å². The quantitative estimate of drug-likeness (QED) is 0.794. The van der Waals surface area contributed by atoms with Crippen LogP contribution in [0.5, 0.6) is 0 Å². The first kappa shape index (κ1) is 13.8. The van der Waals surface area contributed by atoms with Gasteiger partial charge in [0.2, 0.25) is 0 Å². The molecule has 2 aromatic heterocycles. The minimum absolute atomic E-state index is 0.408. The van der Waals surface area contributed by atoms with Gasteiger partial charge in [-0.3, -0.25) is 9.55 Å².